The third-order valence-corrected chi connectivity index (χ3v) is 5.48. The number of rotatable bonds is 5. The van der Waals surface area contributed by atoms with Crippen molar-refractivity contribution in [2.75, 3.05) is 50.1 Å². The molecule has 2 N–H and O–H groups in total. The van der Waals surface area contributed by atoms with E-state index in [-0.39, 0.29) is 5.91 Å². The summed E-state index contributed by atoms with van der Waals surface area (Å²) in [6.45, 7) is 7.77. The highest BCUT2D eigenvalue weighted by molar-refractivity contribution is 5.99. The van der Waals surface area contributed by atoms with E-state index in [4.69, 9.17) is 4.74 Å². The lowest BCUT2D eigenvalue weighted by atomic mass is 10.1. The van der Waals surface area contributed by atoms with Gasteiger partial charge in [-0.15, -0.1) is 0 Å². The number of hydrogen-bond acceptors (Lipinski definition) is 5. The molecule has 1 fully saturated rings. The smallest absolute Gasteiger partial charge is 0.270 e. The summed E-state index contributed by atoms with van der Waals surface area (Å²) in [4.78, 5) is 25.1. The van der Waals surface area contributed by atoms with Gasteiger partial charge in [0.1, 0.15) is 11.4 Å². The van der Waals surface area contributed by atoms with Gasteiger partial charge in [0, 0.05) is 49.9 Å². The number of aryl methyl sites for hydroxylation is 1. The molecular formula is C22H27N5O2. The van der Waals surface area contributed by atoms with Crippen molar-refractivity contribution in [3.63, 3.8) is 0 Å². The van der Waals surface area contributed by atoms with Crippen LogP contribution in [0.5, 0.6) is 5.75 Å². The minimum Gasteiger partial charge on any atom is -0.496 e. The van der Waals surface area contributed by atoms with Crippen molar-refractivity contribution < 1.29 is 9.53 Å². The summed E-state index contributed by atoms with van der Waals surface area (Å²) in [5.41, 5.74) is 3.63. The highest BCUT2D eigenvalue weighted by atomic mass is 16.5. The van der Waals surface area contributed by atoms with Crippen LogP contribution in [-0.4, -0.2) is 60.6 Å². The van der Waals surface area contributed by atoms with Gasteiger partial charge in [0.05, 0.1) is 18.3 Å². The number of nitrogens with one attached hydrogen (secondary N) is 2. The molecule has 0 spiro atoms. The fraction of sp³-hybridized carbons (Fsp3) is 0.364. The van der Waals surface area contributed by atoms with Crippen LogP contribution in [0.25, 0.3) is 10.9 Å². The van der Waals surface area contributed by atoms with Crippen LogP contribution >= 0.6 is 0 Å². The standard InChI is InChI=1S/C22H27N5O2/c1-4-23-17-6-5-9-24-21(17)26-10-12-27(13-11-26)22(28)18-14-16-7-8-19(29-3)15(2)20(16)25-18/h5-9,14,23,25H,4,10-13H2,1-3H3. The SMILES string of the molecule is CCNc1cccnc1N1CCN(C(=O)c2cc3ccc(OC)c(C)c3[nH]2)CC1. The van der Waals surface area contributed by atoms with Crippen molar-refractivity contribution in [3.8, 4) is 5.75 Å². The Morgan fingerprint density at radius 3 is 2.76 bits per heavy atom. The molecule has 4 rings (SSSR count). The number of nitrogens with zero attached hydrogens (tertiary/aromatic N) is 3. The molecule has 0 unspecified atom stereocenters. The Hall–Kier alpha value is -3.22. The number of hydrogen-bond donors (Lipinski definition) is 2. The molecule has 3 heterocycles. The van der Waals surface area contributed by atoms with E-state index in [2.05, 4.69) is 27.1 Å². The number of aromatic nitrogens is 2. The number of carbonyl (C=O) groups is 1. The number of carbonyl (C=O) groups excluding carboxylic acids is 1. The number of H-pyrrole nitrogens is 1. The number of pyridine rings is 1. The average Bonchev–Trinajstić information content (AvgIpc) is 3.20. The van der Waals surface area contributed by atoms with Crippen LogP contribution in [0.15, 0.2) is 36.5 Å². The molecule has 1 aromatic carbocycles. The molecule has 152 valence electrons. The van der Waals surface area contributed by atoms with Crippen LogP contribution in [0.3, 0.4) is 0 Å². The van der Waals surface area contributed by atoms with Crippen LogP contribution < -0.4 is 15.0 Å². The molecule has 1 amide bonds. The van der Waals surface area contributed by atoms with Crippen molar-refractivity contribution in [2.24, 2.45) is 0 Å². The molecule has 2 aromatic heterocycles. The summed E-state index contributed by atoms with van der Waals surface area (Å²) in [6, 6.07) is 9.83. The van der Waals surface area contributed by atoms with Crippen LogP contribution in [0, 0.1) is 6.92 Å². The Labute approximate surface area is 170 Å². The maximum Gasteiger partial charge on any atom is 0.270 e. The molecule has 7 nitrogen and oxygen atoms in total. The lowest BCUT2D eigenvalue weighted by molar-refractivity contribution is 0.0741. The summed E-state index contributed by atoms with van der Waals surface area (Å²) in [5, 5.41) is 4.39. The van der Waals surface area contributed by atoms with Gasteiger partial charge in [-0.05, 0) is 44.2 Å². The molecule has 1 aliphatic heterocycles. The molecule has 1 saturated heterocycles. The number of ether oxygens (including phenoxy) is 1. The fourth-order valence-corrected chi connectivity index (χ4v) is 3.93. The van der Waals surface area contributed by atoms with Gasteiger partial charge in [0.25, 0.3) is 5.91 Å². The van der Waals surface area contributed by atoms with Gasteiger partial charge < -0.3 is 24.8 Å². The van der Waals surface area contributed by atoms with Crippen molar-refractivity contribution in [1.29, 1.82) is 0 Å². The summed E-state index contributed by atoms with van der Waals surface area (Å²) < 4.78 is 5.39. The Bertz CT molecular complexity index is 1020. The Kier molecular flexibility index (Phi) is 5.29. The van der Waals surface area contributed by atoms with Crippen molar-refractivity contribution in [2.45, 2.75) is 13.8 Å². The zero-order valence-corrected chi connectivity index (χ0v) is 17.2. The topological polar surface area (TPSA) is 73.5 Å². The highest BCUT2D eigenvalue weighted by Gasteiger charge is 2.25. The normalized spacial score (nSPS) is 14.3. The Morgan fingerprint density at radius 1 is 1.24 bits per heavy atom. The third kappa shape index (κ3) is 3.60. The second-order valence-corrected chi connectivity index (χ2v) is 7.22. The van der Waals surface area contributed by atoms with E-state index in [1.54, 1.807) is 7.11 Å². The number of methoxy groups -OCH3 is 1. The molecule has 1 aliphatic rings. The van der Waals surface area contributed by atoms with E-state index in [9.17, 15) is 4.79 Å². The molecular weight excluding hydrogens is 366 g/mol. The quantitative estimate of drug-likeness (QED) is 0.696. The zero-order valence-electron chi connectivity index (χ0n) is 17.2. The van der Waals surface area contributed by atoms with Gasteiger partial charge in [0.15, 0.2) is 5.82 Å². The summed E-state index contributed by atoms with van der Waals surface area (Å²) in [7, 11) is 1.66. The summed E-state index contributed by atoms with van der Waals surface area (Å²) in [5.74, 6) is 1.81. The number of benzene rings is 1. The average molecular weight is 393 g/mol. The minimum atomic E-state index is 0.0344. The van der Waals surface area contributed by atoms with Crippen molar-refractivity contribution >= 4 is 28.3 Å². The van der Waals surface area contributed by atoms with Gasteiger partial charge in [0.2, 0.25) is 0 Å². The van der Waals surface area contributed by atoms with E-state index in [1.165, 1.54) is 0 Å². The summed E-state index contributed by atoms with van der Waals surface area (Å²) >= 11 is 0. The van der Waals surface area contributed by atoms with Gasteiger partial charge >= 0.3 is 0 Å². The number of fused-ring (bicyclic) bond motifs is 1. The molecule has 0 radical (unpaired) electrons. The van der Waals surface area contributed by atoms with E-state index in [0.717, 1.165) is 53.4 Å². The maximum atomic E-state index is 13.1. The Morgan fingerprint density at radius 2 is 2.03 bits per heavy atom. The van der Waals surface area contributed by atoms with Gasteiger partial charge in [-0.25, -0.2) is 4.98 Å². The lowest BCUT2D eigenvalue weighted by Gasteiger charge is -2.36. The first-order valence-corrected chi connectivity index (χ1v) is 10.0. The van der Waals surface area contributed by atoms with Gasteiger partial charge in [-0.1, -0.05) is 0 Å². The largest absolute Gasteiger partial charge is 0.496 e. The Balaban J connectivity index is 1.48. The van der Waals surface area contributed by atoms with E-state index in [1.807, 2.05) is 48.4 Å². The molecule has 3 aromatic rings. The van der Waals surface area contributed by atoms with E-state index in [0.29, 0.717) is 18.8 Å². The maximum absolute atomic E-state index is 13.1. The lowest BCUT2D eigenvalue weighted by Crippen LogP contribution is -2.49. The monoisotopic (exact) mass is 393 g/mol. The number of anilines is 2. The predicted octanol–water partition coefficient (Wildman–Crippen LogP) is 3.27. The number of aromatic amines is 1. The number of amides is 1. The first kappa shape index (κ1) is 19.1. The molecule has 7 heteroatoms. The van der Waals surface area contributed by atoms with Crippen molar-refractivity contribution in [3.05, 3.63) is 47.8 Å². The second-order valence-electron chi connectivity index (χ2n) is 7.22. The second kappa shape index (κ2) is 8.03. The van der Waals surface area contributed by atoms with Gasteiger partial charge in [-0.3, -0.25) is 4.79 Å². The van der Waals surface area contributed by atoms with Gasteiger partial charge in [-0.2, -0.15) is 0 Å². The fourth-order valence-electron chi connectivity index (χ4n) is 3.93. The van der Waals surface area contributed by atoms with Crippen LogP contribution in [-0.2, 0) is 0 Å². The molecule has 0 aliphatic carbocycles. The van der Waals surface area contributed by atoms with Crippen molar-refractivity contribution in [1.82, 2.24) is 14.9 Å². The van der Waals surface area contributed by atoms with Crippen LogP contribution in [0.1, 0.15) is 23.0 Å². The predicted molar refractivity (Wildman–Crippen MR) is 116 cm³/mol. The first-order valence-electron chi connectivity index (χ1n) is 10.0. The highest BCUT2D eigenvalue weighted by Crippen LogP contribution is 2.28. The molecule has 29 heavy (non-hydrogen) atoms. The number of piperazine rings is 1. The zero-order chi connectivity index (χ0) is 20.4. The van der Waals surface area contributed by atoms with E-state index < -0.39 is 0 Å². The summed E-state index contributed by atoms with van der Waals surface area (Å²) in [6.07, 6.45) is 1.81. The van der Waals surface area contributed by atoms with Crippen LogP contribution in [0.4, 0.5) is 11.5 Å². The molecule has 0 atom stereocenters. The molecule has 0 bridgehead atoms. The third-order valence-electron chi connectivity index (χ3n) is 5.48. The van der Waals surface area contributed by atoms with E-state index >= 15 is 0 Å². The van der Waals surface area contributed by atoms with Crippen LogP contribution in [0.2, 0.25) is 0 Å². The molecule has 0 saturated carbocycles. The minimum absolute atomic E-state index is 0.0344. The first-order chi connectivity index (χ1) is 14.1.